The molecule has 1 heterocycles. The van der Waals surface area contributed by atoms with Crippen molar-refractivity contribution in [2.24, 2.45) is 4.99 Å². The van der Waals surface area contributed by atoms with Crippen molar-refractivity contribution in [3.05, 3.63) is 23.8 Å². The summed E-state index contributed by atoms with van der Waals surface area (Å²) in [6, 6.07) is 0. The van der Waals surface area contributed by atoms with Gasteiger partial charge in [-0.15, -0.1) is 0 Å². The SMILES string of the molecule is CN=C/C=C1/C=C[C@@H](O)[C@H](O)[C@H]1O[C@@H]1O[C@H](CO)[C@@H](O)[C@H](O)[C@H]1O. The Balaban J connectivity index is 2.21. The van der Waals surface area contributed by atoms with Crippen LogP contribution in [-0.2, 0) is 9.47 Å². The van der Waals surface area contributed by atoms with Crippen LogP contribution in [0.25, 0.3) is 0 Å². The van der Waals surface area contributed by atoms with Gasteiger partial charge in [-0.1, -0.05) is 12.2 Å². The second kappa shape index (κ2) is 8.28. The van der Waals surface area contributed by atoms with Crippen molar-refractivity contribution >= 4 is 6.21 Å². The fourth-order valence-corrected chi connectivity index (χ4v) is 2.59. The van der Waals surface area contributed by atoms with Crippen molar-refractivity contribution in [1.29, 1.82) is 0 Å². The largest absolute Gasteiger partial charge is 0.394 e. The van der Waals surface area contributed by atoms with Gasteiger partial charge in [-0.2, -0.15) is 0 Å². The predicted molar refractivity (Wildman–Crippen MR) is 82.3 cm³/mol. The number of aliphatic hydroxyl groups excluding tert-OH is 6. The summed E-state index contributed by atoms with van der Waals surface area (Å²) in [5, 5.41) is 58.7. The number of ether oxygens (including phenoxy) is 2. The van der Waals surface area contributed by atoms with E-state index in [0.29, 0.717) is 5.57 Å². The average molecular weight is 345 g/mol. The minimum atomic E-state index is -1.60. The molecule has 24 heavy (non-hydrogen) atoms. The van der Waals surface area contributed by atoms with E-state index in [1.165, 1.54) is 18.4 Å². The lowest BCUT2D eigenvalue weighted by atomic mass is 9.93. The number of hydrogen-bond acceptors (Lipinski definition) is 9. The van der Waals surface area contributed by atoms with Gasteiger partial charge in [-0.25, -0.2) is 0 Å². The minimum absolute atomic E-state index is 0.468. The maximum absolute atomic E-state index is 10.2. The summed E-state index contributed by atoms with van der Waals surface area (Å²) in [4.78, 5) is 3.80. The van der Waals surface area contributed by atoms with E-state index >= 15 is 0 Å². The number of aliphatic hydroxyl groups is 6. The zero-order valence-electron chi connectivity index (χ0n) is 13.1. The van der Waals surface area contributed by atoms with Gasteiger partial charge in [0.25, 0.3) is 0 Å². The van der Waals surface area contributed by atoms with Gasteiger partial charge in [0.05, 0.1) is 6.61 Å². The van der Waals surface area contributed by atoms with E-state index in [0.717, 1.165) is 0 Å². The molecule has 1 aliphatic heterocycles. The van der Waals surface area contributed by atoms with Crippen LogP contribution in [-0.4, -0.2) is 99.5 Å². The molecule has 136 valence electrons. The molecule has 0 aromatic rings. The Hall–Kier alpha value is -1.17. The molecule has 0 radical (unpaired) electrons. The lowest BCUT2D eigenvalue weighted by Crippen LogP contribution is -2.60. The third-order valence-electron chi connectivity index (χ3n) is 4.02. The van der Waals surface area contributed by atoms with Crippen LogP contribution in [0.2, 0.25) is 0 Å². The molecule has 2 rings (SSSR count). The Morgan fingerprint density at radius 2 is 1.83 bits per heavy atom. The smallest absolute Gasteiger partial charge is 0.187 e. The Bertz CT molecular complexity index is 506. The molecule has 0 amide bonds. The lowest BCUT2D eigenvalue weighted by Gasteiger charge is -2.42. The van der Waals surface area contributed by atoms with Gasteiger partial charge in [-0.3, -0.25) is 4.99 Å². The topological polar surface area (TPSA) is 152 Å². The maximum Gasteiger partial charge on any atom is 0.187 e. The number of hydrogen-bond donors (Lipinski definition) is 6. The molecular weight excluding hydrogens is 322 g/mol. The lowest BCUT2D eigenvalue weighted by molar-refractivity contribution is -0.314. The third kappa shape index (κ3) is 3.90. The van der Waals surface area contributed by atoms with Gasteiger partial charge in [0, 0.05) is 13.3 Å². The predicted octanol–water partition coefficient (Wildman–Crippen LogP) is -2.91. The minimum Gasteiger partial charge on any atom is -0.394 e. The van der Waals surface area contributed by atoms with Gasteiger partial charge in [0.2, 0.25) is 0 Å². The number of rotatable bonds is 4. The van der Waals surface area contributed by atoms with Crippen molar-refractivity contribution < 1.29 is 40.1 Å². The van der Waals surface area contributed by atoms with Gasteiger partial charge in [0.1, 0.15) is 42.7 Å². The van der Waals surface area contributed by atoms with Crippen LogP contribution in [0.15, 0.2) is 28.8 Å². The average Bonchev–Trinajstić information content (AvgIpc) is 2.58. The molecule has 8 atom stereocenters. The summed E-state index contributed by atoms with van der Waals surface area (Å²) in [5.74, 6) is 0. The molecule has 1 fully saturated rings. The second-order valence-electron chi connectivity index (χ2n) is 5.67. The highest BCUT2D eigenvalue weighted by Gasteiger charge is 2.46. The highest BCUT2D eigenvalue weighted by molar-refractivity contribution is 5.73. The first-order valence-corrected chi connectivity index (χ1v) is 7.53. The van der Waals surface area contributed by atoms with Crippen molar-refractivity contribution in [1.82, 2.24) is 0 Å². The fraction of sp³-hybridized carbons (Fsp3) is 0.667. The van der Waals surface area contributed by atoms with E-state index in [-0.39, 0.29) is 0 Å². The Morgan fingerprint density at radius 3 is 2.46 bits per heavy atom. The van der Waals surface area contributed by atoms with E-state index in [1.807, 2.05) is 0 Å². The molecule has 0 aromatic heterocycles. The molecule has 1 saturated heterocycles. The monoisotopic (exact) mass is 345 g/mol. The number of allylic oxidation sites excluding steroid dienone is 1. The highest BCUT2D eigenvalue weighted by atomic mass is 16.7. The number of aliphatic imine (C=N–C) groups is 1. The van der Waals surface area contributed by atoms with E-state index in [4.69, 9.17) is 9.47 Å². The standard InChI is InChI=1S/C15H23NO8/c1-16-5-4-7-2-3-8(18)10(19)14(7)24-15-13(22)12(21)11(20)9(6-17)23-15/h2-5,8-15,17-22H,6H2,1H3/b7-4-,16-5?/t8-,9-,10+,11-,12+,13-,14+,15+/m1/s1. The van der Waals surface area contributed by atoms with Gasteiger partial charge in [0.15, 0.2) is 6.29 Å². The van der Waals surface area contributed by atoms with Gasteiger partial charge in [-0.05, 0) is 11.6 Å². The van der Waals surface area contributed by atoms with Crippen LogP contribution >= 0.6 is 0 Å². The van der Waals surface area contributed by atoms with Crippen LogP contribution in [0.3, 0.4) is 0 Å². The van der Waals surface area contributed by atoms with Crippen LogP contribution < -0.4 is 0 Å². The summed E-state index contributed by atoms with van der Waals surface area (Å²) >= 11 is 0. The van der Waals surface area contributed by atoms with Crippen molar-refractivity contribution in [2.75, 3.05) is 13.7 Å². The first-order valence-electron chi connectivity index (χ1n) is 7.53. The van der Waals surface area contributed by atoms with Crippen molar-refractivity contribution in [3.63, 3.8) is 0 Å². The Kier molecular flexibility index (Phi) is 6.61. The van der Waals surface area contributed by atoms with Crippen molar-refractivity contribution in [3.8, 4) is 0 Å². The van der Waals surface area contributed by atoms with Gasteiger partial charge >= 0.3 is 0 Å². The molecule has 0 saturated carbocycles. The van der Waals surface area contributed by atoms with E-state index in [2.05, 4.69) is 4.99 Å². The third-order valence-corrected chi connectivity index (χ3v) is 4.02. The summed E-state index contributed by atoms with van der Waals surface area (Å²) in [6.45, 7) is -0.592. The zero-order valence-corrected chi connectivity index (χ0v) is 13.1. The van der Waals surface area contributed by atoms with Crippen molar-refractivity contribution in [2.45, 2.75) is 49.0 Å². The first kappa shape index (κ1) is 19.2. The molecule has 9 nitrogen and oxygen atoms in total. The van der Waals surface area contributed by atoms with Crippen LogP contribution in [0, 0.1) is 0 Å². The van der Waals surface area contributed by atoms with E-state index in [9.17, 15) is 30.6 Å². The van der Waals surface area contributed by atoms with E-state index < -0.39 is 55.6 Å². The Morgan fingerprint density at radius 1 is 1.12 bits per heavy atom. The summed E-state index contributed by atoms with van der Waals surface area (Å²) < 4.78 is 10.8. The molecule has 0 bridgehead atoms. The summed E-state index contributed by atoms with van der Waals surface area (Å²) in [5.41, 5.74) is 0.468. The maximum atomic E-state index is 10.2. The number of nitrogens with zero attached hydrogens (tertiary/aromatic N) is 1. The molecule has 0 aromatic carbocycles. The summed E-state index contributed by atoms with van der Waals surface area (Å²) in [7, 11) is 1.56. The zero-order chi connectivity index (χ0) is 17.9. The first-order chi connectivity index (χ1) is 11.4. The van der Waals surface area contributed by atoms with Crippen LogP contribution in [0.1, 0.15) is 0 Å². The molecule has 0 spiro atoms. The molecule has 1 aliphatic carbocycles. The van der Waals surface area contributed by atoms with E-state index in [1.54, 1.807) is 13.1 Å². The molecular formula is C15H23NO8. The fourth-order valence-electron chi connectivity index (χ4n) is 2.59. The quantitative estimate of drug-likeness (QED) is 0.297. The van der Waals surface area contributed by atoms with Gasteiger partial charge < -0.3 is 40.1 Å². The second-order valence-corrected chi connectivity index (χ2v) is 5.67. The molecule has 6 N–H and O–H groups in total. The molecule has 2 aliphatic rings. The summed E-state index contributed by atoms with van der Waals surface area (Å²) in [6.07, 6.45) is -4.88. The molecule has 9 heteroatoms. The van der Waals surface area contributed by atoms with Crippen LogP contribution in [0.5, 0.6) is 0 Å². The Labute approximate surface area is 138 Å². The highest BCUT2D eigenvalue weighted by Crippen LogP contribution is 2.28. The van der Waals surface area contributed by atoms with Crippen LogP contribution in [0.4, 0.5) is 0 Å². The molecule has 0 unspecified atom stereocenters. The normalized spacial score (nSPS) is 45.2.